The zero-order valence-corrected chi connectivity index (χ0v) is 16.3. The zero-order chi connectivity index (χ0) is 20.4. The van der Waals surface area contributed by atoms with Crippen molar-refractivity contribution in [2.75, 3.05) is 0 Å². The number of carbonyl (C=O) groups excluding carboxylic acids is 2. The SMILES string of the molecule is CCC(I)C(=O)OC(C)(C)C(OC(=O)C(C)C)(C(F)(F)F)C(F)(F)F. The molecule has 148 valence electrons. The van der Waals surface area contributed by atoms with Gasteiger partial charge in [-0.15, -0.1) is 0 Å². The summed E-state index contributed by atoms with van der Waals surface area (Å²) in [5.74, 6) is -4.25. The monoisotopic (exact) mass is 492 g/mol. The summed E-state index contributed by atoms with van der Waals surface area (Å²) in [5, 5.41) is 0. The van der Waals surface area contributed by atoms with Crippen LogP contribution in [-0.4, -0.2) is 39.4 Å². The van der Waals surface area contributed by atoms with E-state index in [9.17, 15) is 35.9 Å². The van der Waals surface area contributed by atoms with Gasteiger partial charge in [-0.25, -0.2) is 0 Å². The van der Waals surface area contributed by atoms with Crippen molar-refractivity contribution < 1.29 is 45.4 Å². The van der Waals surface area contributed by atoms with Gasteiger partial charge in [0.25, 0.3) is 0 Å². The Morgan fingerprint density at radius 3 is 1.60 bits per heavy atom. The number of alkyl halides is 7. The lowest BCUT2D eigenvalue weighted by Gasteiger charge is -2.46. The third kappa shape index (κ3) is 4.91. The van der Waals surface area contributed by atoms with Gasteiger partial charge in [-0.3, -0.25) is 9.59 Å². The lowest BCUT2D eigenvalue weighted by atomic mass is 9.83. The molecule has 0 aromatic heterocycles. The average Bonchev–Trinajstić information content (AvgIpc) is 2.39. The van der Waals surface area contributed by atoms with Crippen molar-refractivity contribution in [1.82, 2.24) is 0 Å². The van der Waals surface area contributed by atoms with E-state index in [-0.39, 0.29) is 6.42 Å². The van der Waals surface area contributed by atoms with E-state index < -0.39 is 45.3 Å². The predicted octanol–water partition coefficient (Wildman–Crippen LogP) is 4.58. The van der Waals surface area contributed by atoms with Gasteiger partial charge >= 0.3 is 29.9 Å². The highest BCUT2D eigenvalue weighted by atomic mass is 127. The Bertz CT molecular complexity index is 485. The van der Waals surface area contributed by atoms with Gasteiger partial charge in [-0.1, -0.05) is 43.4 Å². The van der Waals surface area contributed by atoms with Crippen molar-refractivity contribution in [1.29, 1.82) is 0 Å². The molecule has 0 aromatic rings. The highest BCUT2D eigenvalue weighted by Crippen LogP contribution is 2.53. The molecule has 0 fully saturated rings. The molecule has 0 aliphatic carbocycles. The van der Waals surface area contributed by atoms with Crippen LogP contribution in [0.4, 0.5) is 26.3 Å². The maximum Gasteiger partial charge on any atom is 0.441 e. The minimum absolute atomic E-state index is 0.131. The molecule has 25 heavy (non-hydrogen) atoms. The molecule has 0 radical (unpaired) electrons. The first-order valence-corrected chi connectivity index (χ1v) is 8.42. The minimum Gasteiger partial charge on any atom is -0.454 e. The first kappa shape index (κ1) is 24.2. The smallest absolute Gasteiger partial charge is 0.441 e. The quantitative estimate of drug-likeness (QED) is 0.236. The maximum absolute atomic E-state index is 13.5. The van der Waals surface area contributed by atoms with Gasteiger partial charge < -0.3 is 9.47 Å². The van der Waals surface area contributed by atoms with Crippen LogP contribution in [0, 0.1) is 5.92 Å². The minimum atomic E-state index is -6.08. The number of halogens is 7. The molecule has 0 rings (SSSR count). The molecule has 0 saturated heterocycles. The Balaban J connectivity index is 6.35. The highest BCUT2D eigenvalue weighted by Gasteiger charge is 2.82. The van der Waals surface area contributed by atoms with Gasteiger partial charge in [-0.2, -0.15) is 26.3 Å². The van der Waals surface area contributed by atoms with E-state index in [2.05, 4.69) is 9.47 Å². The van der Waals surface area contributed by atoms with E-state index in [0.29, 0.717) is 13.8 Å². The molecule has 0 saturated carbocycles. The van der Waals surface area contributed by atoms with Crippen molar-refractivity contribution in [3.8, 4) is 0 Å². The van der Waals surface area contributed by atoms with Crippen molar-refractivity contribution in [3.05, 3.63) is 0 Å². The Kier molecular flexibility index (Phi) is 7.63. The second-order valence-corrected chi connectivity index (χ2v) is 7.56. The molecule has 0 spiro atoms. The summed E-state index contributed by atoms with van der Waals surface area (Å²) in [6.45, 7) is 4.50. The predicted molar refractivity (Wildman–Crippen MR) is 84.0 cm³/mol. The summed E-state index contributed by atoms with van der Waals surface area (Å²) in [6.07, 6.45) is -12.0. The molecule has 1 atom stereocenters. The number of ether oxygens (including phenoxy) is 2. The molecular formula is C14H19F6IO4. The largest absolute Gasteiger partial charge is 0.454 e. The molecule has 0 amide bonds. The van der Waals surface area contributed by atoms with Gasteiger partial charge in [0.05, 0.1) is 5.92 Å². The second kappa shape index (κ2) is 7.87. The Labute approximate surface area is 154 Å². The molecule has 0 N–H and O–H groups in total. The molecule has 0 heterocycles. The highest BCUT2D eigenvalue weighted by molar-refractivity contribution is 14.1. The van der Waals surface area contributed by atoms with Gasteiger partial charge in [0.2, 0.25) is 0 Å². The lowest BCUT2D eigenvalue weighted by Crippen LogP contribution is -2.72. The fraction of sp³-hybridized carbons (Fsp3) is 0.857. The number of esters is 2. The summed E-state index contributed by atoms with van der Waals surface area (Å²) >= 11 is 1.53. The topological polar surface area (TPSA) is 52.6 Å². The molecule has 0 aliphatic rings. The van der Waals surface area contributed by atoms with E-state index in [4.69, 9.17) is 0 Å². The second-order valence-electron chi connectivity index (χ2n) is 6.06. The molecular weight excluding hydrogens is 473 g/mol. The maximum atomic E-state index is 13.5. The standard InChI is InChI=1S/C14H19F6IO4/c1-6-8(21)10(23)24-11(4,5)12(13(15,16)17,14(18,19)20)25-9(22)7(2)3/h7-8H,6H2,1-5H3. The zero-order valence-electron chi connectivity index (χ0n) is 14.1. The van der Waals surface area contributed by atoms with E-state index in [1.165, 1.54) is 29.5 Å². The average molecular weight is 492 g/mol. The van der Waals surface area contributed by atoms with E-state index >= 15 is 0 Å². The molecule has 0 aliphatic heterocycles. The molecule has 4 nitrogen and oxygen atoms in total. The molecule has 0 bridgehead atoms. The van der Waals surface area contributed by atoms with Crippen LogP contribution in [0.1, 0.15) is 41.0 Å². The molecule has 1 unspecified atom stereocenters. The first-order valence-electron chi connectivity index (χ1n) is 7.17. The van der Waals surface area contributed by atoms with Crippen LogP contribution in [-0.2, 0) is 19.1 Å². The van der Waals surface area contributed by atoms with E-state index in [1.807, 2.05) is 0 Å². The molecule has 11 heteroatoms. The van der Waals surface area contributed by atoms with Crippen LogP contribution < -0.4 is 0 Å². The molecule has 0 aromatic carbocycles. The third-order valence-electron chi connectivity index (χ3n) is 3.34. The van der Waals surface area contributed by atoms with Crippen LogP contribution in [0.5, 0.6) is 0 Å². The van der Waals surface area contributed by atoms with Crippen LogP contribution in [0.2, 0.25) is 0 Å². The van der Waals surface area contributed by atoms with Crippen LogP contribution >= 0.6 is 22.6 Å². The normalized spacial score (nSPS) is 15.1. The van der Waals surface area contributed by atoms with E-state index in [1.54, 1.807) is 0 Å². The van der Waals surface area contributed by atoms with Crippen molar-refractivity contribution in [2.45, 2.75) is 68.5 Å². The van der Waals surface area contributed by atoms with Crippen LogP contribution in [0.15, 0.2) is 0 Å². The lowest BCUT2D eigenvalue weighted by molar-refractivity contribution is -0.408. The fourth-order valence-corrected chi connectivity index (χ4v) is 2.03. The summed E-state index contributed by atoms with van der Waals surface area (Å²) in [7, 11) is 0. The fourth-order valence-electron chi connectivity index (χ4n) is 1.90. The van der Waals surface area contributed by atoms with Crippen LogP contribution in [0.25, 0.3) is 0 Å². The number of hydrogen-bond donors (Lipinski definition) is 0. The van der Waals surface area contributed by atoms with E-state index in [0.717, 1.165) is 13.8 Å². The van der Waals surface area contributed by atoms with Crippen molar-refractivity contribution >= 4 is 34.5 Å². The Morgan fingerprint density at radius 2 is 1.32 bits per heavy atom. The number of rotatable bonds is 6. The Morgan fingerprint density at radius 1 is 0.920 bits per heavy atom. The van der Waals surface area contributed by atoms with Gasteiger partial charge in [0.1, 0.15) is 3.92 Å². The number of carbonyl (C=O) groups is 2. The van der Waals surface area contributed by atoms with Crippen molar-refractivity contribution in [2.24, 2.45) is 5.92 Å². The summed E-state index contributed by atoms with van der Waals surface area (Å²) < 4.78 is 88.7. The summed E-state index contributed by atoms with van der Waals surface area (Å²) in [6, 6.07) is 0. The first-order chi connectivity index (χ1) is 10.9. The van der Waals surface area contributed by atoms with Gasteiger partial charge in [0.15, 0.2) is 5.60 Å². The van der Waals surface area contributed by atoms with Gasteiger partial charge in [0, 0.05) is 0 Å². The van der Waals surface area contributed by atoms with Crippen molar-refractivity contribution in [3.63, 3.8) is 0 Å². The Hall–Kier alpha value is -0.750. The number of hydrogen-bond acceptors (Lipinski definition) is 4. The summed E-state index contributed by atoms with van der Waals surface area (Å²) in [5.41, 5.74) is -8.25. The summed E-state index contributed by atoms with van der Waals surface area (Å²) in [4.78, 5) is 23.4. The van der Waals surface area contributed by atoms with Gasteiger partial charge in [-0.05, 0) is 20.3 Å². The van der Waals surface area contributed by atoms with Crippen LogP contribution in [0.3, 0.4) is 0 Å². The third-order valence-corrected chi connectivity index (χ3v) is 4.73.